The van der Waals surface area contributed by atoms with Crippen LogP contribution < -0.4 is 15.3 Å². The quantitative estimate of drug-likeness (QED) is 0.190. The van der Waals surface area contributed by atoms with Gasteiger partial charge in [0.05, 0.1) is 62.1 Å². The highest BCUT2D eigenvalue weighted by atomic mass is 79.9. The Morgan fingerprint density at radius 1 is 0.577 bits per heavy atom. The van der Waals surface area contributed by atoms with E-state index in [1.807, 2.05) is 99.0 Å². The van der Waals surface area contributed by atoms with Crippen molar-refractivity contribution in [3.63, 3.8) is 0 Å². The first-order valence-corrected chi connectivity index (χ1v) is 26.1. The molecular weight excluding hydrogens is 967 g/mol. The lowest BCUT2D eigenvalue weighted by molar-refractivity contribution is -0.133. The summed E-state index contributed by atoms with van der Waals surface area (Å²) in [6.45, 7) is 32.6. The van der Waals surface area contributed by atoms with Gasteiger partial charge in [-0.15, -0.1) is 0 Å². The molecule has 0 aromatic carbocycles. The van der Waals surface area contributed by atoms with Crippen molar-refractivity contribution in [3.05, 3.63) is 53.5 Å². The Bertz CT molecular complexity index is 2530. The van der Waals surface area contributed by atoms with Crippen molar-refractivity contribution in [1.82, 2.24) is 29.0 Å². The summed E-state index contributed by atoms with van der Waals surface area (Å²) in [6, 6.07) is 10.1. The van der Waals surface area contributed by atoms with Gasteiger partial charge in [-0.1, -0.05) is 0 Å². The summed E-state index contributed by atoms with van der Waals surface area (Å²) in [7, 11) is -1.35. The van der Waals surface area contributed by atoms with Gasteiger partial charge in [-0.2, -0.15) is 15.5 Å². The summed E-state index contributed by atoms with van der Waals surface area (Å²) in [5.41, 5.74) is 3.27. The van der Waals surface area contributed by atoms with E-state index >= 15 is 0 Å². The molecule has 17 nitrogen and oxygen atoms in total. The Morgan fingerprint density at radius 2 is 0.915 bits per heavy atom. The van der Waals surface area contributed by atoms with E-state index in [1.54, 1.807) is 6.07 Å². The van der Waals surface area contributed by atoms with Crippen molar-refractivity contribution in [2.45, 2.75) is 149 Å². The van der Waals surface area contributed by atoms with Crippen LogP contribution in [0.4, 0.5) is 11.4 Å². The number of nitriles is 1. The minimum atomic E-state index is -0.476. The van der Waals surface area contributed by atoms with E-state index in [9.17, 15) is 9.59 Å². The average Bonchev–Trinajstić information content (AvgIpc) is 4.20. The fourth-order valence-corrected chi connectivity index (χ4v) is 9.55. The average molecular weight is 1040 g/mol. The third-order valence-corrected chi connectivity index (χ3v) is 16.4. The van der Waals surface area contributed by atoms with Gasteiger partial charge in [0.15, 0.2) is 0 Å². The summed E-state index contributed by atoms with van der Waals surface area (Å²) in [4.78, 5) is 33.2. The number of halogens is 1. The molecule has 0 bridgehead atoms. The van der Waals surface area contributed by atoms with Gasteiger partial charge in [-0.05, 0) is 149 Å². The number of carbonyl (C=O) groups is 2. The zero-order valence-electron chi connectivity index (χ0n) is 44.2. The number of piperazine rings is 2. The summed E-state index contributed by atoms with van der Waals surface area (Å²) in [5.74, 6) is 1.32. The van der Waals surface area contributed by atoms with Crippen molar-refractivity contribution in [2.24, 2.45) is 11.8 Å². The monoisotopic (exact) mass is 1040 g/mol. The van der Waals surface area contributed by atoms with Gasteiger partial charge >= 0.3 is 21.1 Å². The van der Waals surface area contributed by atoms with E-state index < -0.39 is 21.1 Å². The van der Waals surface area contributed by atoms with Crippen LogP contribution in [-0.4, -0.2) is 148 Å². The molecule has 382 valence electrons. The SMILES string of the molecule is CC#N.CC1(C)OB(B2OC(C)(C)C(C)(C)O2)OC1(C)C.CC1(C)OB(c2cc3c(N4CCN(C(=O)C5CC5)CC4)ccnn3c2)OC1(C)C.O=C(C1CC1)N1CCN(c2ccnn3cc(Br)cc23)CC1. The van der Waals surface area contributed by atoms with Crippen LogP contribution in [0.2, 0.25) is 0 Å². The molecule has 7 aliphatic rings. The Morgan fingerprint density at radius 3 is 1.28 bits per heavy atom. The lowest BCUT2D eigenvalue weighted by Crippen LogP contribution is -2.49. The van der Waals surface area contributed by atoms with Crippen LogP contribution in [0.3, 0.4) is 0 Å². The molecule has 5 aliphatic heterocycles. The fourth-order valence-electron chi connectivity index (χ4n) is 9.14. The Kier molecular flexibility index (Phi) is 14.9. The number of hydrogen-bond donors (Lipinski definition) is 0. The van der Waals surface area contributed by atoms with Crippen molar-refractivity contribution in [1.29, 1.82) is 5.26 Å². The third kappa shape index (κ3) is 11.2. The van der Waals surface area contributed by atoms with Crippen LogP contribution in [-0.2, 0) is 37.5 Å². The maximum absolute atomic E-state index is 12.3. The fraction of sp³-hybridized carbons (Fsp3) is 0.660. The number of anilines is 2. The molecule has 0 unspecified atom stereocenters. The molecule has 71 heavy (non-hydrogen) atoms. The predicted molar refractivity (Wildman–Crippen MR) is 280 cm³/mol. The molecule has 5 saturated heterocycles. The number of carbonyl (C=O) groups excluding carboxylic acids is 2. The van der Waals surface area contributed by atoms with E-state index in [2.05, 4.69) is 87.9 Å². The number of amides is 2. The molecule has 21 heteroatoms. The van der Waals surface area contributed by atoms with Crippen LogP contribution in [0.1, 0.15) is 116 Å². The van der Waals surface area contributed by atoms with Gasteiger partial charge in [-0.3, -0.25) is 9.59 Å². The first-order chi connectivity index (χ1) is 33.3. The number of rotatable bonds is 6. The smallest absolute Gasteiger partial charge is 0.405 e. The van der Waals surface area contributed by atoms with Crippen molar-refractivity contribution in [2.75, 3.05) is 62.2 Å². The van der Waals surface area contributed by atoms with Crippen LogP contribution >= 0.6 is 15.9 Å². The lowest BCUT2D eigenvalue weighted by Gasteiger charge is -2.36. The molecule has 0 N–H and O–H groups in total. The molecule has 2 aliphatic carbocycles. The number of hydrogen-bond acceptors (Lipinski definition) is 13. The maximum atomic E-state index is 12.3. The molecule has 0 radical (unpaired) electrons. The third-order valence-electron chi connectivity index (χ3n) is 16.0. The van der Waals surface area contributed by atoms with Gasteiger partial charge in [-0.25, -0.2) is 9.03 Å². The largest absolute Gasteiger partial charge is 0.496 e. The Hall–Kier alpha value is -4.16. The minimum absolute atomic E-state index is 0.294. The predicted octanol–water partition coefficient (Wildman–Crippen LogP) is 6.63. The van der Waals surface area contributed by atoms with Gasteiger partial charge in [0.1, 0.15) is 0 Å². The second kappa shape index (κ2) is 19.9. The molecule has 7 fully saturated rings. The van der Waals surface area contributed by atoms with Gasteiger partial charge in [0, 0.05) is 106 Å². The van der Waals surface area contributed by atoms with Gasteiger partial charge < -0.3 is 47.5 Å². The summed E-state index contributed by atoms with van der Waals surface area (Å²) >= 11 is 3.50. The standard InChI is InChI=1S/C21H29BN4O3.C15H17BrN4O.C12H24B2O4.C2H3N/c1-20(2)21(3,4)29-22(28-20)16-13-18-17(7-8-23-26(18)14-16)24-9-11-25(12-10-24)19(27)15-5-6-15;16-12-9-14-13(3-4-17-20(14)10-12)18-5-7-19(8-6-18)15(21)11-1-2-11;1-9(2)10(3,4)16-13(15-9)14-17-11(5,6)12(7,8)18-14;1-2-3/h7-8,13-15H,5-6,9-12H2,1-4H3;3-4,9-11H,1-2,5-8H2;1-8H3;1H3. The van der Waals surface area contributed by atoms with E-state index in [-0.39, 0.29) is 33.6 Å². The number of aromatic nitrogens is 4. The first kappa shape index (κ1) is 53.1. The van der Waals surface area contributed by atoms with Crippen LogP contribution in [0.25, 0.3) is 11.0 Å². The molecule has 11 rings (SSSR count). The Balaban J connectivity index is 0.000000143. The minimum Gasteiger partial charge on any atom is -0.405 e. The van der Waals surface area contributed by atoms with Crippen LogP contribution in [0.5, 0.6) is 0 Å². The second-order valence-corrected chi connectivity index (χ2v) is 23.7. The zero-order chi connectivity index (χ0) is 51.5. The second-order valence-electron chi connectivity index (χ2n) is 22.8. The van der Waals surface area contributed by atoms with Crippen LogP contribution in [0.15, 0.2) is 53.5 Å². The number of nitrogens with zero attached hydrogens (tertiary/aromatic N) is 9. The highest BCUT2D eigenvalue weighted by Gasteiger charge is 2.64. The molecule has 0 atom stereocenters. The zero-order valence-corrected chi connectivity index (χ0v) is 45.7. The van der Waals surface area contributed by atoms with E-state index in [0.29, 0.717) is 23.7 Å². The van der Waals surface area contributed by atoms with Gasteiger partial charge in [0.25, 0.3) is 0 Å². The molecular formula is C50H73B3BrN9O8. The van der Waals surface area contributed by atoms with Crippen molar-refractivity contribution >= 4 is 76.8 Å². The molecule has 0 spiro atoms. The summed E-state index contributed by atoms with van der Waals surface area (Å²) in [6.07, 6.45) is 11.9. The summed E-state index contributed by atoms with van der Waals surface area (Å²) in [5, 5.41) is 16.1. The maximum Gasteiger partial charge on any atom is 0.496 e. The summed E-state index contributed by atoms with van der Waals surface area (Å²) < 4.78 is 41.1. The molecule has 2 amide bonds. The van der Waals surface area contributed by atoms with Crippen molar-refractivity contribution < 1.29 is 37.5 Å². The van der Waals surface area contributed by atoms with E-state index in [1.165, 1.54) is 12.6 Å². The Labute approximate surface area is 429 Å². The molecule has 9 heterocycles. The topological polar surface area (TPSA) is 161 Å². The van der Waals surface area contributed by atoms with Gasteiger partial charge in [0.2, 0.25) is 11.8 Å². The normalized spacial score (nSPS) is 23.6. The molecule has 2 saturated carbocycles. The lowest BCUT2D eigenvalue weighted by atomic mass is 9.49. The van der Waals surface area contributed by atoms with E-state index in [4.69, 9.17) is 33.2 Å². The highest BCUT2D eigenvalue weighted by Crippen LogP contribution is 2.43. The first-order valence-electron chi connectivity index (χ1n) is 25.3. The highest BCUT2D eigenvalue weighted by molar-refractivity contribution is 9.10. The van der Waals surface area contributed by atoms with Crippen molar-refractivity contribution in [3.8, 4) is 6.07 Å². The van der Waals surface area contributed by atoms with Crippen LogP contribution in [0, 0.1) is 23.2 Å². The molecule has 4 aromatic rings. The van der Waals surface area contributed by atoms with E-state index in [0.717, 1.165) is 105 Å². The molecule has 4 aromatic heterocycles. The number of fused-ring (bicyclic) bond motifs is 2.